The third-order valence-corrected chi connectivity index (χ3v) is 1.84. The van der Waals surface area contributed by atoms with Gasteiger partial charge < -0.3 is 16.8 Å². The van der Waals surface area contributed by atoms with E-state index in [-0.39, 0.29) is 5.91 Å². The Labute approximate surface area is 80.0 Å². The minimum absolute atomic E-state index is 0.0705. The quantitative estimate of drug-likeness (QED) is 0.489. The molecule has 0 aliphatic rings. The number of carbonyl (C=O) groups is 1. The van der Waals surface area contributed by atoms with Crippen LogP contribution in [0.4, 0.5) is 0 Å². The van der Waals surface area contributed by atoms with Gasteiger partial charge in [0.2, 0.25) is 5.91 Å². The Bertz CT molecular complexity index is 137. The van der Waals surface area contributed by atoms with Crippen LogP contribution < -0.4 is 16.8 Å². The molecule has 0 aromatic heterocycles. The molecule has 0 aliphatic heterocycles. The van der Waals surface area contributed by atoms with Crippen LogP contribution in [0.15, 0.2) is 0 Å². The molecule has 0 spiro atoms. The smallest absolute Gasteiger partial charge is 0.236 e. The van der Waals surface area contributed by atoms with E-state index in [1.807, 2.05) is 0 Å². The maximum Gasteiger partial charge on any atom is 0.236 e. The Morgan fingerprint density at radius 3 is 2.46 bits per heavy atom. The third-order valence-electron chi connectivity index (χ3n) is 1.84. The molecule has 13 heavy (non-hydrogen) atoms. The van der Waals surface area contributed by atoms with E-state index in [1.165, 1.54) is 0 Å². The predicted molar refractivity (Wildman–Crippen MR) is 54.2 cm³/mol. The first-order chi connectivity index (χ1) is 6.18. The average Bonchev–Trinajstić information content (AvgIpc) is 2.10. The molecule has 0 unspecified atom stereocenters. The van der Waals surface area contributed by atoms with Gasteiger partial charge in [-0.25, -0.2) is 0 Å². The second-order valence-corrected chi connectivity index (χ2v) is 3.28. The third kappa shape index (κ3) is 7.74. The van der Waals surface area contributed by atoms with Crippen LogP contribution in [-0.2, 0) is 4.79 Å². The summed E-state index contributed by atoms with van der Waals surface area (Å²) in [6.45, 7) is 3.17. The standard InChI is InChI=1S/C9H21N3O/c1-8(11)9(13)12-7-5-3-2-4-6-10/h8H,2-7,10-11H2,1H3,(H,12,13)/t8-/m1/s1. The number of nitrogens with two attached hydrogens (primary N) is 2. The molecular weight excluding hydrogens is 166 g/mol. The van der Waals surface area contributed by atoms with E-state index in [1.54, 1.807) is 6.92 Å². The van der Waals surface area contributed by atoms with E-state index in [4.69, 9.17) is 11.5 Å². The molecule has 1 atom stereocenters. The van der Waals surface area contributed by atoms with E-state index < -0.39 is 6.04 Å². The van der Waals surface area contributed by atoms with Crippen molar-refractivity contribution in [3.8, 4) is 0 Å². The molecule has 5 N–H and O–H groups in total. The molecule has 0 heterocycles. The minimum atomic E-state index is -0.399. The van der Waals surface area contributed by atoms with Crippen LogP contribution in [0.25, 0.3) is 0 Å². The highest BCUT2D eigenvalue weighted by Crippen LogP contribution is 1.96. The van der Waals surface area contributed by atoms with Crippen LogP contribution in [0.1, 0.15) is 32.6 Å². The van der Waals surface area contributed by atoms with Crippen molar-refractivity contribution in [1.29, 1.82) is 0 Å². The van der Waals surface area contributed by atoms with Gasteiger partial charge in [0.05, 0.1) is 6.04 Å². The summed E-state index contributed by atoms with van der Waals surface area (Å²) >= 11 is 0. The Morgan fingerprint density at radius 2 is 1.92 bits per heavy atom. The van der Waals surface area contributed by atoms with Crippen molar-refractivity contribution in [2.75, 3.05) is 13.1 Å². The molecule has 4 nitrogen and oxygen atoms in total. The summed E-state index contributed by atoms with van der Waals surface area (Å²) in [5.41, 5.74) is 10.7. The molecule has 0 fully saturated rings. The number of amides is 1. The van der Waals surface area contributed by atoms with E-state index in [0.717, 1.165) is 38.8 Å². The van der Waals surface area contributed by atoms with E-state index >= 15 is 0 Å². The molecule has 1 amide bonds. The van der Waals surface area contributed by atoms with Gasteiger partial charge in [0, 0.05) is 6.54 Å². The molecule has 0 rings (SSSR count). The zero-order valence-corrected chi connectivity index (χ0v) is 8.38. The van der Waals surface area contributed by atoms with Crippen molar-refractivity contribution in [3.63, 3.8) is 0 Å². The second kappa shape index (κ2) is 8.01. The van der Waals surface area contributed by atoms with Crippen molar-refractivity contribution in [1.82, 2.24) is 5.32 Å². The number of nitrogens with one attached hydrogen (secondary N) is 1. The largest absolute Gasteiger partial charge is 0.355 e. The topological polar surface area (TPSA) is 81.1 Å². The van der Waals surface area contributed by atoms with Crippen LogP contribution >= 0.6 is 0 Å². The summed E-state index contributed by atoms with van der Waals surface area (Å²) < 4.78 is 0. The maximum absolute atomic E-state index is 11.0. The first kappa shape index (κ1) is 12.4. The van der Waals surface area contributed by atoms with Crippen molar-refractivity contribution in [2.24, 2.45) is 11.5 Å². The number of unbranched alkanes of at least 4 members (excludes halogenated alkanes) is 3. The molecule has 0 saturated heterocycles. The van der Waals surface area contributed by atoms with Gasteiger partial charge in [0.1, 0.15) is 0 Å². The van der Waals surface area contributed by atoms with Crippen LogP contribution in [0, 0.1) is 0 Å². The SMILES string of the molecule is C[C@@H](N)C(=O)NCCCCCCN. The zero-order valence-electron chi connectivity index (χ0n) is 8.38. The number of rotatable bonds is 7. The van der Waals surface area contributed by atoms with Crippen molar-refractivity contribution in [3.05, 3.63) is 0 Å². The molecule has 0 aromatic rings. The molecule has 4 heteroatoms. The summed E-state index contributed by atoms with van der Waals surface area (Å²) in [6, 6.07) is -0.399. The number of carbonyl (C=O) groups excluding carboxylic acids is 1. The predicted octanol–water partition coefficient (Wildman–Crippen LogP) is -0.0311. The van der Waals surface area contributed by atoms with Gasteiger partial charge >= 0.3 is 0 Å². The van der Waals surface area contributed by atoms with Crippen molar-refractivity contribution in [2.45, 2.75) is 38.6 Å². The highest BCUT2D eigenvalue weighted by atomic mass is 16.2. The average molecular weight is 187 g/mol. The Kier molecular flexibility index (Phi) is 7.63. The van der Waals surface area contributed by atoms with E-state index in [9.17, 15) is 4.79 Å². The Morgan fingerprint density at radius 1 is 1.31 bits per heavy atom. The lowest BCUT2D eigenvalue weighted by Crippen LogP contribution is -2.38. The lowest BCUT2D eigenvalue weighted by atomic mass is 10.2. The van der Waals surface area contributed by atoms with Crippen LogP contribution in [0.5, 0.6) is 0 Å². The van der Waals surface area contributed by atoms with E-state index in [0.29, 0.717) is 0 Å². The molecule has 0 aromatic carbocycles. The highest BCUT2D eigenvalue weighted by Gasteiger charge is 2.04. The van der Waals surface area contributed by atoms with Gasteiger partial charge in [0.25, 0.3) is 0 Å². The lowest BCUT2D eigenvalue weighted by Gasteiger charge is -2.06. The van der Waals surface area contributed by atoms with Gasteiger partial charge in [-0.3, -0.25) is 4.79 Å². The fourth-order valence-electron chi connectivity index (χ4n) is 0.995. The summed E-state index contributed by atoms with van der Waals surface area (Å²) in [5, 5.41) is 2.76. The Hall–Kier alpha value is -0.610. The molecule has 0 saturated carbocycles. The molecule has 0 radical (unpaired) electrons. The molecular formula is C9H21N3O. The summed E-state index contributed by atoms with van der Waals surface area (Å²) in [5.74, 6) is -0.0705. The molecule has 0 bridgehead atoms. The number of hydrogen-bond acceptors (Lipinski definition) is 3. The number of hydrogen-bond donors (Lipinski definition) is 3. The van der Waals surface area contributed by atoms with Gasteiger partial charge in [-0.05, 0) is 26.3 Å². The van der Waals surface area contributed by atoms with Crippen LogP contribution in [0.2, 0.25) is 0 Å². The van der Waals surface area contributed by atoms with E-state index in [2.05, 4.69) is 5.32 Å². The van der Waals surface area contributed by atoms with Crippen molar-refractivity contribution >= 4 is 5.91 Å². The Balaban J connectivity index is 3.12. The van der Waals surface area contributed by atoms with Crippen LogP contribution in [-0.4, -0.2) is 25.0 Å². The fourth-order valence-corrected chi connectivity index (χ4v) is 0.995. The van der Waals surface area contributed by atoms with Gasteiger partial charge in [-0.1, -0.05) is 12.8 Å². The second-order valence-electron chi connectivity index (χ2n) is 3.28. The first-order valence-electron chi connectivity index (χ1n) is 4.92. The van der Waals surface area contributed by atoms with Gasteiger partial charge in [-0.2, -0.15) is 0 Å². The summed E-state index contributed by atoms with van der Waals surface area (Å²) in [7, 11) is 0. The lowest BCUT2D eigenvalue weighted by molar-refractivity contribution is -0.121. The summed E-state index contributed by atoms with van der Waals surface area (Å²) in [6.07, 6.45) is 4.35. The van der Waals surface area contributed by atoms with Crippen LogP contribution in [0.3, 0.4) is 0 Å². The van der Waals surface area contributed by atoms with Crippen molar-refractivity contribution < 1.29 is 4.79 Å². The normalized spacial score (nSPS) is 12.5. The maximum atomic E-state index is 11.0. The minimum Gasteiger partial charge on any atom is -0.355 e. The highest BCUT2D eigenvalue weighted by molar-refractivity contribution is 5.80. The fraction of sp³-hybridized carbons (Fsp3) is 0.889. The van der Waals surface area contributed by atoms with Gasteiger partial charge in [-0.15, -0.1) is 0 Å². The summed E-state index contributed by atoms with van der Waals surface area (Å²) in [4.78, 5) is 11.0. The first-order valence-corrected chi connectivity index (χ1v) is 4.92. The molecule has 0 aliphatic carbocycles. The van der Waals surface area contributed by atoms with Gasteiger partial charge in [0.15, 0.2) is 0 Å². The zero-order chi connectivity index (χ0) is 10.1. The monoisotopic (exact) mass is 187 g/mol. The molecule has 78 valence electrons.